The van der Waals surface area contributed by atoms with Crippen molar-refractivity contribution in [2.75, 3.05) is 32.9 Å². The number of amides is 1. The van der Waals surface area contributed by atoms with Crippen molar-refractivity contribution in [2.45, 2.75) is 32.1 Å². The molecule has 1 aromatic carbocycles. The lowest BCUT2D eigenvalue weighted by Crippen LogP contribution is -2.51. The van der Waals surface area contributed by atoms with E-state index in [4.69, 9.17) is 14.0 Å². The first kappa shape index (κ1) is 18.0. The van der Waals surface area contributed by atoms with E-state index in [0.717, 1.165) is 18.6 Å². The van der Waals surface area contributed by atoms with Gasteiger partial charge in [-0.1, -0.05) is 17.3 Å². The molecule has 0 N–H and O–H groups in total. The minimum Gasteiger partial charge on any atom is -0.493 e. The minimum absolute atomic E-state index is 0.108. The summed E-state index contributed by atoms with van der Waals surface area (Å²) in [5.74, 6) is 2.61. The average Bonchev–Trinajstić information content (AvgIpc) is 3.09. The summed E-state index contributed by atoms with van der Waals surface area (Å²) in [5.41, 5.74) is 1.17. The Labute approximate surface area is 158 Å². The molecule has 2 aliphatic heterocycles. The smallest absolute Gasteiger partial charge is 0.233 e. The number of hydrogen-bond acceptors (Lipinski definition) is 6. The van der Waals surface area contributed by atoms with E-state index >= 15 is 0 Å². The number of nitrogens with zero attached hydrogens (tertiary/aromatic N) is 3. The van der Waals surface area contributed by atoms with Gasteiger partial charge in [0.1, 0.15) is 5.75 Å². The topological polar surface area (TPSA) is 77.7 Å². The number of benzene rings is 1. The molecule has 3 heterocycles. The maximum absolute atomic E-state index is 12.4. The molecule has 0 saturated carbocycles. The van der Waals surface area contributed by atoms with Crippen LogP contribution in [0, 0.1) is 12.8 Å². The molecule has 2 fully saturated rings. The Morgan fingerprint density at radius 2 is 2.11 bits per heavy atom. The maximum atomic E-state index is 12.4. The molecule has 7 heteroatoms. The van der Waals surface area contributed by atoms with Gasteiger partial charge in [-0.15, -0.1) is 0 Å². The van der Waals surface area contributed by atoms with Gasteiger partial charge in [-0.25, -0.2) is 0 Å². The Balaban J connectivity index is 1.22. The first-order valence-electron chi connectivity index (χ1n) is 9.57. The van der Waals surface area contributed by atoms with E-state index in [0.29, 0.717) is 51.0 Å². The molecule has 0 unspecified atom stereocenters. The molecule has 1 aromatic heterocycles. The van der Waals surface area contributed by atoms with E-state index in [9.17, 15) is 4.79 Å². The standard InChI is InChI=1S/C20H25N3O4/c1-14-3-2-4-17(11-14)26-10-7-18-21-19(27-22-18)16-12-23(13-16)20(24)15-5-8-25-9-6-15/h2-4,11,15-16H,5-10,12-13H2,1H3. The fourth-order valence-electron chi connectivity index (χ4n) is 3.52. The van der Waals surface area contributed by atoms with E-state index < -0.39 is 0 Å². The number of aromatic nitrogens is 2. The number of carbonyl (C=O) groups is 1. The van der Waals surface area contributed by atoms with Crippen LogP contribution < -0.4 is 4.74 Å². The van der Waals surface area contributed by atoms with E-state index in [1.54, 1.807) is 0 Å². The molecule has 1 amide bonds. The molecule has 2 aromatic rings. The lowest BCUT2D eigenvalue weighted by Gasteiger charge is -2.39. The van der Waals surface area contributed by atoms with Crippen LogP contribution in [0.15, 0.2) is 28.8 Å². The van der Waals surface area contributed by atoms with Gasteiger partial charge in [0.2, 0.25) is 11.8 Å². The second kappa shape index (κ2) is 8.08. The molecule has 7 nitrogen and oxygen atoms in total. The first-order chi connectivity index (χ1) is 13.2. The quantitative estimate of drug-likeness (QED) is 0.776. The van der Waals surface area contributed by atoms with E-state index in [2.05, 4.69) is 10.1 Å². The molecule has 144 valence electrons. The fraction of sp³-hybridized carbons (Fsp3) is 0.550. The number of carbonyl (C=O) groups excluding carboxylic acids is 1. The predicted octanol–water partition coefficient (Wildman–Crippen LogP) is 2.35. The third-order valence-corrected chi connectivity index (χ3v) is 5.18. The van der Waals surface area contributed by atoms with Gasteiger partial charge >= 0.3 is 0 Å². The summed E-state index contributed by atoms with van der Waals surface area (Å²) in [6, 6.07) is 7.95. The van der Waals surface area contributed by atoms with E-state index in [1.165, 1.54) is 5.56 Å². The van der Waals surface area contributed by atoms with Crippen LogP contribution in [0.3, 0.4) is 0 Å². The molecule has 2 saturated heterocycles. The molecule has 2 aliphatic rings. The highest BCUT2D eigenvalue weighted by Crippen LogP contribution is 2.29. The molecule has 0 aliphatic carbocycles. The van der Waals surface area contributed by atoms with Gasteiger partial charge < -0.3 is 18.9 Å². The van der Waals surface area contributed by atoms with Gasteiger partial charge in [0, 0.05) is 38.6 Å². The van der Waals surface area contributed by atoms with E-state index in [-0.39, 0.29) is 17.7 Å². The number of ether oxygens (including phenoxy) is 2. The van der Waals surface area contributed by atoms with Crippen molar-refractivity contribution in [3.05, 3.63) is 41.5 Å². The minimum atomic E-state index is 0.108. The van der Waals surface area contributed by atoms with Crippen LogP contribution in [-0.4, -0.2) is 53.9 Å². The number of aryl methyl sites for hydroxylation is 1. The summed E-state index contributed by atoms with van der Waals surface area (Å²) in [7, 11) is 0. The van der Waals surface area contributed by atoms with Gasteiger partial charge in [0.05, 0.1) is 12.5 Å². The largest absolute Gasteiger partial charge is 0.493 e. The van der Waals surface area contributed by atoms with Crippen molar-refractivity contribution in [1.82, 2.24) is 15.0 Å². The van der Waals surface area contributed by atoms with Gasteiger partial charge in [0.25, 0.3) is 0 Å². The van der Waals surface area contributed by atoms with Crippen molar-refractivity contribution in [3.8, 4) is 5.75 Å². The van der Waals surface area contributed by atoms with Crippen LogP contribution in [0.25, 0.3) is 0 Å². The third-order valence-electron chi connectivity index (χ3n) is 5.18. The summed E-state index contributed by atoms with van der Waals surface area (Å²) in [5, 5.41) is 4.04. The Kier molecular flexibility index (Phi) is 5.38. The van der Waals surface area contributed by atoms with Crippen molar-refractivity contribution in [3.63, 3.8) is 0 Å². The highest BCUT2D eigenvalue weighted by atomic mass is 16.5. The zero-order valence-electron chi connectivity index (χ0n) is 15.6. The first-order valence-corrected chi connectivity index (χ1v) is 9.57. The Morgan fingerprint density at radius 3 is 2.89 bits per heavy atom. The summed E-state index contributed by atoms with van der Waals surface area (Å²) in [4.78, 5) is 18.8. The van der Waals surface area contributed by atoms with Gasteiger partial charge in [-0.3, -0.25) is 4.79 Å². The summed E-state index contributed by atoms with van der Waals surface area (Å²) < 4.78 is 16.4. The summed E-state index contributed by atoms with van der Waals surface area (Å²) in [6.07, 6.45) is 2.24. The zero-order chi connectivity index (χ0) is 18.6. The van der Waals surface area contributed by atoms with Crippen LogP contribution in [0.1, 0.15) is 36.0 Å². The van der Waals surface area contributed by atoms with Crippen molar-refractivity contribution >= 4 is 5.91 Å². The highest BCUT2D eigenvalue weighted by molar-refractivity contribution is 5.80. The molecular weight excluding hydrogens is 346 g/mol. The SMILES string of the molecule is Cc1cccc(OCCc2noc(C3CN(C(=O)C4CCOCC4)C3)n2)c1. The second-order valence-corrected chi connectivity index (χ2v) is 7.29. The van der Waals surface area contributed by atoms with Crippen LogP contribution in [0.2, 0.25) is 0 Å². The number of rotatable bonds is 6. The molecule has 0 radical (unpaired) electrons. The Morgan fingerprint density at radius 1 is 1.30 bits per heavy atom. The Hall–Kier alpha value is -2.41. The molecule has 27 heavy (non-hydrogen) atoms. The second-order valence-electron chi connectivity index (χ2n) is 7.29. The van der Waals surface area contributed by atoms with Crippen LogP contribution in [-0.2, 0) is 16.0 Å². The third kappa shape index (κ3) is 4.30. The summed E-state index contributed by atoms with van der Waals surface area (Å²) in [6.45, 7) is 5.24. The monoisotopic (exact) mass is 371 g/mol. The van der Waals surface area contributed by atoms with Crippen molar-refractivity contribution in [1.29, 1.82) is 0 Å². The van der Waals surface area contributed by atoms with Gasteiger partial charge in [-0.05, 0) is 37.5 Å². The van der Waals surface area contributed by atoms with Crippen molar-refractivity contribution < 1.29 is 18.8 Å². The van der Waals surface area contributed by atoms with E-state index in [1.807, 2.05) is 36.1 Å². The fourth-order valence-corrected chi connectivity index (χ4v) is 3.52. The zero-order valence-corrected chi connectivity index (χ0v) is 15.6. The molecule has 0 spiro atoms. The number of likely N-dealkylation sites (tertiary alicyclic amines) is 1. The molecule has 4 rings (SSSR count). The molecule has 0 atom stereocenters. The molecule has 0 bridgehead atoms. The van der Waals surface area contributed by atoms with Gasteiger partial charge in [0.15, 0.2) is 5.82 Å². The van der Waals surface area contributed by atoms with Crippen molar-refractivity contribution in [2.24, 2.45) is 5.92 Å². The summed E-state index contributed by atoms with van der Waals surface area (Å²) >= 11 is 0. The van der Waals surface area contributed by atoms with Crippen LogP contribution >= 0.6 is 0 Å². The lowest BCUT2D eigenvalue weighted by atomic mass is 9.93. The van der Waals surface area contributed by atoms with Crippen LogP contribution in [0.4, 0.5) is 0 Å². The highest BCUT2D eigenvalue weighted by Gasteiger charge is 2.38. The normalized spacial score (nSPS) is 18.3. The average molecular weight is 371 g/mol. The van der Waals surface area contributed by atoms with Gasteiger partial charge in [-0.2, -0.15) is 4.98 Å². The Bertz CT molecular complexity index is 779. The maximum Gasteiger partial charge on any atom is 0.233 e. The van der Waals surface area contributed by atoms with Crippen LogP contribution in [0.5, 0.6) is 5.75 Å². The predicted molar refractivity (Wildman–Crippen MR) is 97.5 cm³/mol. The number of hydrogen-bond donors (Lipinski definition) is 0. The molecular formula is C20H25N3O4. The lowest BCUT2D eigenvalue weighted by molar-refractivity contribution is -0.143.